The molecule has 2 aliphatic rings. The minimum absolute atomic E-state index is 0.0148. The van der Waals surface area contributed by atoms with E-state index in [0.29, 0.717) is 37.5 Å². The third-order valence-electron chi connectivity index (χ3n) is 5.73. The molecule has 2 saturated heterocycles. The Labute approximate surface area is 164 Å². The molecule has 0 saturated carbocycles. The molecule has 8 heteroatoms. The Morgan fingerprint density at radius 1 is 1.18 bits per heavy atom. The molecule has 4 heterocycles. The number of hydrogen-bond donors (Lipinski definition) is 0. The maximum Gasteiger partial charge on any atom is 0.257 e. The number of amides is 2. The van der Waals surface area contributed by atoms with Crippen LogP contribution < -0.4 is 4.90 Å². The van der Waals surface area contributed by atoms with Crippen molar-refractivity contribution in [1.29, 1.82) is 0 Å². The second-order valence-electron chi connectivity index (χ2n) is 7.68. The van der Waals surface area contributed by atoms with E-state index in [2.05, 4.69) is 10.00 Å². The van der Waals surface area contributed by atoms with E-state index >= 15 is 0 Å². The third kappa shape index (κ3) is 3.44. The first-order valence-corrected chi connectivity index (χ1v) is 9.84. The Hall–Kier alpha value is -2.61. The predicted octanol–water partition coefficient (Wildman–Crippen LogP) is 1.58. The van der Waals surface area contributed by atoms with E-state index in [-0.39, 0.29) is 17.9 Å². The van der Waals surface area contributed by atoms with Crippen molar-refractivity contribution in [3.63, 3.8) is 0 Å². The standard InChI is InChI=1S/C20H27N5O3/c1-14-11-17(15(2)28-14)19(26)24-9-7-23(8-10-24)18-5-4-6-25(20(18)27)16-12-21-22(3)13-16/h11-13,18H,4-10H2,1-3H3. The third-order valence-corrected chi connectivity index (χ3v) is 5.73. The topological polar surface area (TPSA) is 74.8 Å². The second kappa shape index (κ2) is 7.43. The molecule has 1 unspecified atom stereocenters. The molecule has 2 fully saturated rings. The molecular weight excluding hydrogens is 358 g/mol. The molecule has 2 aliphatic heterocycles. The zero-order valence-electron chi connectivity index (χ0n) is 16.7. The summed E-state index contributed by atoms with van der Waals surface area (Å²) in [4.78, 5) is 31.8. The highest BCUT2D eigenvalue weighted by Gasteiger charge is 2.36. The predicted molar refractivity (Wildman–Crippen MR) is 104 cm³/mol. The lowest BCUT2D eigenvalue weighted by molar-refractivity contribution is -0.126. The van der Waals surface area contributed by atoms with Gasteiger partial charge in [-0.3, -0.25) is 19.2 Å². The maximum atomic E-state index is 13.1. The van der Waals surface area contributed by atoms with Crippen LogP contribution in [-0.4, -0.2) is 70.2 Å². The summed E-state index contributed by atoms with van der Waals surface area (Å²) in [5.74, 6) is 1.57. The van der Waals surface area contributed by atoms with Gasteiger partial charge in [0.05, 0.1) is 23.5 Å². The normalized spacial score (nSPS) is 21.4. The van der Waals surface area contributed by atoms with Crippen molar-refractivity contribution >= 4 is 17.5 Å². The van der Waals surface area contributed by atoms with Gasteiger partial charge >= 0.3 is 0 Å². The number of anilines is 1. The van der Waals surface area contributed by atoms with Crippen molar-refractivity contribution in [2.24, 2.45) is 7.05 Å². The number of carbonyl (C=O) groups is 2. The number of piperazine rings is 1. The van der Waals surface area contributed by atoms with Crippen molar-refractivity contribution in [3.05, 3.63) is 35.5 Å². The molecule has 8 nitrogen and oxygen atoms in total. The molecule has 4 rings (SSSR count). The Balaban J connectivity index is 1.40. The van der Waals surface area contributed by atoms with Gasteiger partial charge in [-0.05, 0) is 32.8 Å². The van der Waals surface area contributed by atoms with Crippen LogP contribution in [0.3, 0.4) is 0 Å². The highest BCUT2D eigenvalue weighted by molar-refractivity contribution is 5.98. The van der Waals surface area contributed by atoms with E-state index in [4.69, 9.17) is 4.42 Å². The molecule has 0 N–H and O–H groups in total. The average Bonchev–Trinajstić information content (AvgIpc) is 3.26. The van der Waals surface area contributed by atoms with Crippen LogP contribution in [0, 0.1) is 13.8 Å². The number of hydrogen-bond acceptors (Lipinski definition) is 5. The fraction of sp³-hybridized carbons (Fsp3) is 0.550. The van der Waals surface area contributed by atoms with Gasteiger partial charge in [-0.15, -0.1) is 0 Å². The molecule has 0 spiro atoms. The van der Waals surface area contributed by atoms with Crippen LogP contribution in [0.2, 0.25) is 0 Å². The molecular formula is C20H27N5O3. The van der Waals surface area contributed by atoms with Gasteiger partial charge in [0.2, 0.25) is 5.91 Å². The quantitative estimate of drug-likeness (QED) is 0.802. The SMILES string of the molecule is Cc1cc(C(=O)N2CCN(C3CCCN(c4cnn(C)c4)C3=O)CC2)c(C)o1. The zero-order chi connectivity index (χ0) is 19.8. The number of carbonyl (C=O) groups excluding carboxylic acids is 2. The molecule has 2 aromatic heterocycles. The molecule has 0 bridgehead atoms. The fourth-order valence-electron chi connectivity index (χ4n) is 4.25. The van der Waals surface area contributed by atoms with Crippen LogP contribution in [0.4, 0.5) is 5.69 Å². The molecule has 2 aromatic rings. The average molecular weight is 385 g/mol. The van der Waals surface area contributed by atoms with E-state index in [0.717, 1.165) is 30.8 Å². The first kappa shape index (κ1) is 18.7. The van der Waals surface area contributed by atoms with Gasteiger partial charge < -0.3 is 14.2 Å². The molecule has 0 aliphatic carbocycles. The monoisotopic (exact) mass is 385 g/mol. The van der Waals surface area contributed by atoms with Crippen molar-refractivity contribution in [2.45, 2.75) is 32.7 Å². The van der Waals surface area contributed by atoms with Crippen LogP contribution in [0.5, 0.6) is 0 Å². The minimum Gasteiger partial charge on any atom is -0.466 e. The van der Waals surface area contributed by atoms with Crippen LogP contribution in [0.15, 0.2) is 22.9 Å². The number of aromatic nitrogens is 2. The van der Waals surface area contributed by atoms with Crippen molar-refractivity contribution in [1.82, 2.24) is 19.6 Å². The van der Waals surface area contributed by atoms with Gasteiger partial charge in [0.25, 0.3) is 5.91 Å². The molecule has 0 aromatic carbocycles. The van der Waals surface area contributed by atoms with Gasteiger partial charge in [0.1, 0.15) is 11.5 Å². The second-order valence-corrected chi connectivity index (χ2v) is 7.68. The molecule has 0 radical (unpaired) electrons. The molecule has 150 valence electrons. The minimum atomic E-state index is -0.121. The molecule has 1 atom stereocenters. The van der Waals surface area contributed by atoms with E-state index in [1.807, 2.05) is 36.9 Å². The van der Waals surface area contributed by atoms with Crippen LogP contribution in [0.25, 0.3) is 0 Å². The summed E-state index contributed by atoms with van der Waals surface area (Å²) >= 11 is 0. The number of nitrogens with zero attached hydrogens (tertiary/aromatic N) is 5. The Morgan fingerprint density at radius 3 is 2.54 bits per heavy atom. The lowest BCUT2D eigenvalue weighted by Crippen LogP contribution is -2.58. The smallest absolute Gasteiger partial charge is 0.257 e. The summed E-state index contributed by atoms with van der Waals surface area (Å²) in [6.45, 7) is 7.07. The van der Waals surface area contributed by atoms with Gasteiger partial charge in [-0.25, -0.2) is 0 Å². The summed E-state index contributed by atoms with van der Waals surface area (Å²) in [5.41, 5.74) is 1.50. The lowest BCUT2D eigenvalue weighted by atomic mass is 10.0. The Kier molecular flexibility index (Phi) is 4.97. The van der Waals surface area contributed by atoms with Gasteiger partial charge in [0.15, 0.2) is 0 Å². The van der Waals surface area contributed by atoms with E-state index in [1.54, 1.807) is 16.9 Å². The van der Waals surface area contributed by atoms with Crippen LogP contribution >= 0.6 is 0 Å². The number of aryl methyl sites for hydroxylation is 3. The zero-order valence-corrected chi connectivity index (χ0v) is 16.7. The van der Waals surface area contributed by atoms with Gasteiger partial charge in [-0.2, -0.15) is 5.10 Å². The molecule has 2 amide bonds. The Morgan fingerprint density at radius 2 is 1.93 bits per heavy atom. The van der Waals surface area contributed by atoms with Gasteiger partial charge in [0, 0.05) is 46.0 Å². The van der Waals surface area contributed by atoms with E-state index < -0.39 is 0 Å². The van der Waals surface area contributed by atoms with Crippen LogP contribution in [0.1, 0.15) is 34.7 Å². The lowest BCUT2D eigenvalue weighted by Gasteiger charge is -2.42. The fourth-order valence-corrected chi connectivity index (χ4v) is 4.25. The first-order valence-electron chi connectivity index (χ1n) is 9.84. The Bertz CT molecular complexity index is 878. The summed E-state index contributed by atoms with van der Waals surface area (Å²) in [5, 5.41) is 4.19. The highest BCUT2D eigenvalue weighted by atomic mass is 16.3. The van der Waals surface area contributed by atoms with Crippen molar-refractivity contribution < 1.29 is 14.0 Å². The summed E-state index contributed by atoms with van der Waals surface area (Å²) in [7, 11) is 1.86. The number of furan rings is 1. The number of rotatable bonds is 3. The maximum absolute atomic E-state index is 13.1. The van der Waals surface area contributed by atoms with Crippen molar-refractivity contribution in [2.75, 3.05) is 37.6 Å². The first-order chi connectivity index (χ1) is 13.4. The van der Waals surface area contributed by atoms with Gasteiger partial charge in [-0.1, -0.05) is 0 Å². The number of piperidine rings is 1. The summed E-state index contributed by atoms with van der Waals surface area (Å²) < 4.78 is 7.22. The largest absolute Gasteiger partial charge is 0.466 e. The van der Waals surface area contributed by atoms with E-state index in [1.165, 1.54) is 0 Å². The highest BCUT2D eigenvalue weighted by Crippen LogP contribution is 2.25. The molecule has 28 heavy (non-hydrogen) atoms. The summed E-state index contributed by atoms with van der Waals surface area (Å²) in [6.07, 6.45) is 5.46. The summed E-state index contributed by atoms with van der Waals surface area (Å²) in [6, 6.07) is 1.68. The van der Waals surface area contributed by atoms with Crippen LogP contribution in [-0.2, 0) is 11.8 Å². The van der Waals surface area contributed by atoms with Crippen molar-refractivity contribution in [3.8, 4) is 0 Å². The van der Waals surface area contributed by atoms with E-state index in [9.17, 15) is 9.59 Å².